The van der Waals surface area contributed by atoms with Crippen molar-refractivity contribution in [3.05, 3.63) is 34.9 Å². The standard InChI is InChI=1S/C13H16N2O4/c1-14(19-2)12(16)11-5-3-4-9-8-15(13(17)18)7-6-10(9)11/h3-5H,6-8H2,1-2H3,(H,17,18). The monoisotopic (exact) mass is 264 g/mol. The number of benzene rings is 1. The first-order valence-corrected chi connectivity index (χ1v) is 5.95. The van der Waals surface area contributed by atoms with Crippen molar-refractivity contribution in [2.24, 2.45) is 0 Å². The molecule has 2 rings (SSSR count). The van der Waals surface area contributed by atoms with Crippen LogP contribution >= 0.6 is 0 Å². The number of carboxylic acid groups (broad SMARTS) is 1. The van der Waals surface area contributed by atoms with E-state index in [1.165, 1.54) is 17.1 Å². The van der Waals surface area contributed by atoms with Gasteiger partial charge in [0, 0.05) is 25.7 Å². The summed E-state index contributed by atoms with van der Waals surface area (Å²) in [5.74, 6) is -0.219. The third kappa shape index (κ3) is 2.53. The van der Waals surface area contributed by atoms with Gasteiger partial charge in [0.25, 0.3) is 5.91 Å². The molecule has 1 N–H and O–H groups in total. The van der Waals surface area contributed by atoms with E-state index in [0.717, 1.165) is 11.1 Å². The molecule has 0 saturated heterocycles. The van der Waals surface area contributed by atoms with E-state index >= 15 is 0 Å². The molecule has 1 aliphatic heterocycles. The van der Waals surface area contributed by atoms with Gasteiger partial charge in [-0.15, -0.1) is 0 Å². The molecule has 102 valence electrons. The summed E-state index contributed by atoms with van der Waals surface area (Å²) in [6, 6.07) is 5.36. The van der Waals surface area contributed by atoms with Gasteiger partial charge in [0.1, 0.15) is 0 Å². The van der Waals surface area contributed by atoms with Crippen molar-refractivity contribution >= 4 is 12.0 Å². The predicted molar refractivity (Wildman–Crippen MR) is 67.7 cm³/mol. The van der Waals surface area contributed by atoms with Crippen molar-refractivity contribution in [2.45, 2.75) is 13.0 Å². The van der Waals surface area contributed by atoms with Gasteiger partial charge in [-0.2, -0.15) is 0 Å². The van der Waals surface area contributed by atoms with Crippen LogP contribution in [0.3, 0.4) is 0 Å². The molecule has 0 aliphatic carbocycles. The molecule has 2 amide bonds. The number of hydrogen-bond donors (Lipinski definition) is 1. The molecule has 1 aromatic rings. The summed E-state index contributed by atoms with van der Waals surface area (Å²) >= 11 is 0. The number of rotatable bonds is 2. The largest absolute Gasteiger partial charge is 0.465 e. The maximum atomic E-state index is 12.1. The lowest BCUT2D eigenvalue weighted by Crippen LogP contribution is -2.36. The maximum absolute atomic E-state index is 12.1. The number of carbonyl (C=O) groups is 2. The van der Waals surface area contributed by atoms with Crippen LogP contribution in [0.1, 0.15) is 21.5 Å². The molecule has 0 bridgehead atoms. The quantitative estimate of drug-likeness (QED) is 0.819. The predicted octanol–water partition coefficient (Wildman–Crippen LogP) is 1.36. The lowest BCUT2D eigenvalue weighted by Gasteiger charge is -2.28. The molecule has 0 radical (unpaired) electrons. The highest BCUT2D eigenvalue weighted by atomic mass is 16.7. The van der Waals surface area contributed by atoms with Crippen LogP contribution in [0.25, 0.3) is 0 Å². The minimum atomic E-state index is -0.934. The molecule has 6 nitrogen and oxygen atoms in total. The lowest BCUT2D eigenvalue weighted by molar-refractivity contribution is -0.0757. The van der Waals surface area contributed by atoms with E-state index in [-0.39, 0.29) is 5.91 Å². The Balaban J connectivity index is 2.33. The van der Waals surface area contributed by atoms with E-state index in [4.69, 9.17) is 9.94 Å². The molecule has 19 heavy (non-hydrogen) atoms. The Bertz CT molecular complexity index is 515. The van der Waals surface area contributed by atoms with Crippen molar-refractivity contribution in [1.29, 1.82) is 0 Å². The molecule has 0 unspecified atom stereocenters. The molecule has 0 aromatic heterocycles. The normalized spacial score (nSPS) is 13.9. The minimum Gasteiger partial charge on any atom is -0.465 e. The summed E-state index contributed by atoms with van der Waals surface area (Å²) in [7, 11) is 2.98. The van der Waals surface area contributed by atoms with Gasteiger partial charge in [-0.05, 0) is 23.6 Å². The van der Waals surface area contributed by atoms with Crippen molar-refractivity contribution in [3.63, 3.8) is 0 Å². The fourth-order valence-electron chi connectivity index (χ4n) is 2.23. The Hall–Kier alpha value is -2.08. The van der Waals surface area contributed by atoms with Crippen LogP contribution in [0, 0.1) is 0 Å². The van der Waals surface area contributed by atoms with Gasteiger partial charge in [-0.3, -0.25) is 9.63 Å². The van der Waals surface area contributed by atoms with Gasteiger partial charge in [-0.25, -0.2) is 9.86 Å². The Morgan fingerprint density at radius 3 is 2.79 bits per heavy atom. The number of hydroxylamine groups is 2. The van der Waals surface area contributed by atoms with E-state index < -0.39 is 6.09 Å². The fourth-order valence-corrected chi connectivity index (χ4v) is 2.23. The number of nitrogens with zero attached hydrogens (tertiary/aromatic N) is 2. The molecule has 1 aromatic carbocycles. The van der Waals surface area contributed by atoms with Crippen LogP contribution in [0.15, 0.2) is 18.2 Å². The van der Waals surface area contributed by atoms with Gasteiger partial charge in [-0.1, -0.05) is 12.1 Å². The Morgan fingerprint density at radius 2 is 2.16 bits per heavy atom. The Morgan fingerprint density at radius 1 is 1.42 bits per heavy atom. The number of amides is 2. The highest BCUT2D eigenvalue weighted by molar-refractivity contribution is 5.95. The maximum Gasteiger partial charge on any atom is 0.407 e. The molecule has 0 saturated carbocycles. The van der Waals surface area contributed by atoms with E-state index in [9.17, 15) is 9.59 Å². The van der Waals surface area contributed by atoms with E-state index in [1.54, 1.807) is 19.2 Å². The zero-order valence-electron chi connectivity index (χ0n) is 10.9. The summed E-state index contributed by atoms with van der Waals surface area (Å²) in [6.07, 6.45) is -0.391. The van der Waals surface area contributed by atoms with Gasteiger partial charge < -0.3 is 10.0 Å². The van der Waals surface area contributed by atoms with E-state index in [1.807, 2.05) is 6.07 Å². The first-order valence-electron chi connectivity index (χ1n) is 5.95. The van der Waals surface area contributed by atoms with Crippen LogP contribution in [0.2, 0.25) is 0 Å². The summed E-state index contributed by atoms with van der Waals surface area (Å²) in [6.45, 7) is 0.728. The third-order valence-corrected chi connectivity index (χ3v) is 3.33. The average molecular weight is 264 g/mol. The van der Waals surface area contributed by atoms with Crippen molar-refractivity contribution < 1.29 is 19.5 Å². The average Bonchev–Trinajstić information content (AvgIpc) is 2.44. The van der Waals surface area contributed by atoms with Crippen LogP contribution in [0.4, 0.5) is 4.79 Å². The summed E-state index contributed by atoms with van der Waals surface area (Å²) in [5.41, 5.74) is 2.37. The van der Waals surface area contributed by atoms with Crippen LogP contribution in [-0.4, -0.2) is 47.8 Å². The third-order valence-electron chi connectivity index (χ3n) is 3.33. The fraction of sp³-hybridized carbons (Fsp3) is 0.385. The first kappa shape index (κ1) is 13.4. The molecule has 1 aliphatic rings. The second kappa shape index (κ2) is 5.27. The van der Waals surface area contributed by atoms with Crippen LogP contribution < -0.4 is 0 Å². The molecule has 0 fully saturated rings. The highest BCUT2D eigenvalue weighted by Crippen LogP contribution is 2.23. The van der Waals surface area contributed by atoms with E-state index in [0.29, 0.717) is 25.1 Å². The van der Waals surface area contributed by atoms with Crippen LogP contribution in [0.5, 0.6) is 0 Å². The topological polar surface area (TPSA) is 70.1 Å². The van der Waals surface area contributed by atoms with Gasteiger partial charge >= 0.3 is 6.09 Å². The molecule has 1 heterocycles. The molecular formula is C13H16N2O4. The zero-order valence-corrected chi connectivity index (χ0v) is 10.9. The number of carbonyl (C=O) groups excluding carboxylic acids is 1. The lowest BCUT2D eigenvalue weighted by atomic mass is 9.94. The van der Waals surface area contributed by atoms with Gasteiger partial charge in [0.15, 0.2) is 0 Å². The summed E-state index contributed by atoms with van der Waals surface area (Å²) in [5, 5.41) is 10.2. The molecule has 0 atom stereocenters. The van der Waals surface area contributed by atoms with Crippen molar-refractivity contribution in [3.8, 4) is 0 Å². The SMILES string of the molecule is CON(C)C(=O)c1cccc2c1CCN(C(=O)O)C2. The molecule has 0 spiro atoms. The smallest absolute Gasteiger partial charge is 0.407 e. The molecule has 6 heteroatoms. The highest BCUT2D eigenvalue weighted by Gasteiger charge is 2.25. The summed E-state index contributed by atoms with van der Waals surface area (Å²) < 4.78 is 0. The van der Waals surface area contributed by atoms with Crippen molar-refractivity contribution in [2.75, 3.05) is 20.7 Å². The zero-order chi connectivity index (χ0) is 14.0. The number of hydrogen-bond acceptors (Lipinski definition) is 3. The minimum absolute atomic E-state index is 0.219. The second-order valence-electron chi connectivity index (χ2n) is 4.38. The van der Waals surface area contributed by atoms with Crippen LogP contribution in [-0.2, 0) is 17.8 Å². The first-order chi connectivity index (χ1) is 9.04. The van der Waals surface area contributed by atoms with Gasteiger partial charge in [0.05, 0.1) is 7.11 Å². The van der Waals surface area contributed by atoms with Crippen molar-refractivity contribution in [1.82, 2.24) is 9.96 Å². The number of fused-ring (bicyclic) bond motifs is 1. The molecular weight excluding hydrogens is 248 g/mol. The Labute approximate surface area is 111 Å². The van der Waals surface area contributed by atoms with Gasteiger partial charge in [0.2, 0.25) is 0 Å². The Kier molecular flexibility index (Phi) is 3.71. The summed E-state index contributed by atoms with van der Waals surface area (Å²) in [4.78, 5) is 29.3. The van der Waals surface area contributed by atoms with E-state index in [2.05, 4.69) is 0 Å². The second-order valence-corrected chi connectivity index (χ2v) is 4.38.